The minimum absolute atomic E-state index is 0.0271. The number of piperidine rings is 1. The quantitative estimate of drug-likeness (QED) is 0.695. The van der Waals surface area contributed by atoms with Crippen molar-refractivity contribution in [1.82, 2.24) is 20.2 Å². The first-order valence-electron chi connectivity index (χ1n) is 10.5. The Morgan fingerprint density at radius 2 is 1.84 bits per heavy atom. The second-order valence-electron chi connectivity index (χ2n) is 8.00. The number of rotatable bonds is 5. The molecule has 0 bridgehead atoms. The van der Waals surface area contributed by atoms with Crippen molar-refractivity contribution in [2.75, 3.05) is 20.1 Å². The highest BCUT2D eigenvalue weighted by atomic mass is 16.2. The Kier molecular flexibility index (Phi) is 6.07. The number of pyridine rings is 2. The molecule has 0 spiro atoms. The molecule has 6 nitrogen and oxygen atoms in total. The summed E-state index contributed by atoms with van der Waals surface area (Å²) < 4.78 is 0. The van der Waals surface area contributed by atoms with Gasteiger partial charge in [0.1, 0.15) is 0 Å². The number of carbonyl (C=O) groups excluding carboxylic acids is 2. The van der Waals surface area contributed by atoms with Crippen molar-refractivity contribution in [3.05, 3.63) is 84.4 Å². The lowest BCUT2D eigenvalue weighted by atomic mass is 9.73. The second kappa shape index (κ2) is 9.08. The first-order chi connectivity index (χ1) is 15.1. The van der Waals surface area contributed by atoms with E-state index in [0.717, 1.165) is 29.5 Å². The molecule has 3 heterocycles. The van der Waals surface area contributed by atoms with E-state index in [1.807, 2.05) is 24.3 Å². The zero-order valence-electron chi connectivity index (χ0n) is 17.6. The zero-order valence-corrected chi connectivity index (χ0v) is 17.6. The van der Waals surface area contributed by atoms with E-state index in [-0.39, 0.29) is 11.8 Å². The molecule has 1 saturated heterocycles. The van der Waals surface area contributed by atoms with Crippen molar-refractivity contribution < 1.29 is 9.59 Å². The van der Waals surface area contributed by atoms with Crippen molar-refractivity contribution in [3.63, 3.8) is 0 Å². The maximum atomic E-state index is 13.2. The van der Waals surface area contributed by atoms with Crippen LogP contribution in [0.2, 0.25) is 0 Å². The molecule has 31 heavy (non-hydrogen) atoms. The SMILES string of the molecule is CNC(=O)[C@@]1(Cc2ccccc2-c2ccncc2)CCCN(C(=O)c2cccnc2)C1. The number of benzene rings is 1. The fourth-order valence-electron chi connectivity index (χ4n) is 4.50. The number of amides is 2. The van der Waals surface area contributed by atoms with E-state index < -0.39 is 5.41 Å². The molecule has 1 aliphatic rings. The number of likely N-dealkylation sites (tertiary alicyclic amines) is 1. The van der Waals surface area contributed by atoms with Gasteiger partial charge in [-0.3, -0.25) is 19.6 Å². The lowest BCUT2D eigenvalue weighted by Gasteiger charge is -2.42. The van der Waals surface area contributed by atoms with E-state index >= 15 is 0 Å². The molecule has 1 aromatic carbocycles. The van der Waals surface area contributed by atoms with Crippen LogP contribution in [0.5, 0.6) is 0 Å². The Morgan fingerprint density at radius 1 is 1.03 bits per heavy atom. The predicted octanol–water partition coefficient (Wildman–Crippen LogP) is 3.35. The summed E-state index contributed by atoms with van der Waals surface area (Å²) in [6.45, 7) is 1.02. The highest BCUT2D eigenvalue weighted by molar-refractivity contribution is 5.94. The predicted molar refractivity (Wildman–Crippen MR) is 119 cm³/mol. The lowest BCUT2D eigenvalue weighted by molar-refractivity contribution is -0.133. The van der Waals surface area contributed by atoms with E-state index in [9.17, 15) is 9.59 Å². The summed E-state index contributed by atoms with van der Waals surface area (Å²) in [5.74, 6) is -0.107. The Bertz CT molecular complexity index is 1060. The number of hydrogen-bond acceptors (Lipinski definition) is 4. The van der Waals surface area contributed by atoms with E-state index in [2.05, 4.69) is 27.4 Å². The molecular formula is C25H26N4O2. The summed E-state index contributed by atoms with van der Waals surface area (Å²) in [4.78, 5) is 36.2. The van der Waals surface area contributed by atoms with Gasteiger partial charge in [0.25, 0.3) is 5.91 Å². The molecular weight excluding hydrogens is 388 g/mol. The van der Waals surface area contributed by atoms with Gasteiger partial charge < -0.3 is 10.2 Å². The third-order valence-corrected chi connectivity index (χ3v) is 6.02. The first-order valence-corrected chi connectivity index (χ1v) is 10.5. The molecule has 158 valence electrons. The Hall–Kier alpha value is -3.54. The Morgan fingerprint density at radius 3 is 2.58 bits per heavy atom. The smallest absolute Gasteiger partial charge is 0.255 e. The number of carbonyl (C=O) groups is 2. The molecule has 6 heteroatoms. The van der Waals surface area contributed by atoms with Gasteiger partial charge in [-0.2, -0.15) is 0 Å². The molecule has 1 aliphatic heterocycles. The molecule has 0 saturated carbocycles. The monoisotopic (exact) mass is 414 g/mol. The van der Waals surface area contributed by atoms with Crippen molar-refractivity contribution in [3.8, 4) is 11.1 Å². The largest absolute Gasteiger partial charge is 0.359 e. The van der Waals surface area contributed by atoms with Crippen molar-refractivity contribution in [2.24, 2.45) is 5.41 Å². The number of nitrogens with one attached hydrogen (secondary N) is 1. The molecule has 1 N–H and O–H groups in total. The minimum Gasteiger partial charge on any atom is -0.359 e. The molecule has 2 amide bonds. The van der Waals surface area contributed by atoms with Gasteiger partial charge >= 0.3 is 0 Å². The van der Waals surface area contributed by atoms with E-state index in [1.54, 1.807) is 48.9 Å². The summed E-state index contributed by atoms with van der Waals surface area (Å²) in [6.07, 6.45) is 8.84. The molecule has 0 aliphatic carbocycles. The van der Waals surface area contributed by atoms with Gasteiger partial charge in [-0.15, -0.1) is 0 Å². The van der Waals surface area contributed by atoms with E-state index in [1.165, 1.54) is 0 Å². The first kappa shape index (κ1) is 20.7. The van der Waals surface area contributed by atoms with Gasteiger partial charge in [-0.1, -0.05) is 24.3 Å². The maximum Gasteiger partial charge on any atom is 0.255 e. The molecule has 1 atom stereocenters. The van der Waals surface area contributed by atoms with Crippen molar-refractivity contribution in [1.29, 1.82) is 0 Å². The van der Waals surface area contributed by atoms with Gasteiger partial charge in [-0.05, 0) is 60.2 Å². The van der Waals surface area contributed by atoms with Gasteiger partial charge in [0.05, 0.1) is 11.0 Å². The molecule has 0 unspecified atom stereocenters. The average molecular weight is 415 g/mol. The van der Waals surface area contributed by atoms with Gasteiger partial charge in [0.15, 0.2) is 0 Å². The molecule has 4 rings (SSSR count). The average Bonchev–Trinajstić information content (AvgIpc) is 2.84. The standard InChI is InChI=1S/C25H26N4O2/c1-26-24(31)25(11-5-15-29(18-25)23(30)21-7-4-12-28-17-21)16-20-6-2-3-8-22(20)19-9-13-27-14-10-19/h2-4,6-10,12-14,17H,5,11,15-16,18H2,1H3,(H,26,31)/t25-/m1/s1. The summed E-state index contributed by atoms with van der Waals surface area (Å²) in [5, 5.41) is 2.86. The van der Waals surface area contributed by atoms with E-state index in [0.29, 0.717) is 25.1 Å². The maximum absolute atomic E-state index is 13.2. The second-order valence-corrected chi connectivity index (χ2v) is 8.00. The molecule has 3 aromatic rings. The Labute approximate surface area is 182 Å². The fraction of sp³-hybridized carbons (Fsp3) is 0.280. The van der Waals surface area contributed by atoms with Crippen LogP contribution in [0.3, 0.4) is 0 Å². The van der Waals surface area contributed by atoms with Crippen LogP contribution in [-0.2, 0) is 11.2 Å². The van der Waals surface area contributed by atoms with Gasteiger partial charge in [0.2, 0.25) is 5.91 Å². The summed E-state index contributed by atoms with van der Waals surface area (Å²) in [6, 6.07) is 15.6. The number of hydrogen-bond donors (Lipinski definition) is 1. The van der Waals surface area contributed by atoms with Crippen LogP contribution >= 0.6 is 0 Å². The molecule has 0 radical (unpaired) electrons. The highest BCUT2D eigenvalue weighted by Crippen LogP contribution is 2.37. The third kappa shape index (κ3) is 4.33. The highest BCUT2D eigenvalue weighted by Gasteiger charge is 2.43. The fourth-order valence-corrected chi connectivity index (χ4v) is 4.50. The van der Waals surface area contributed by atoms with Crippen LogP contribution < -0.4 is 5.32 Å². The summed E-state index contributed by atoms with van der Waals surface area (Å²) in [7, 11) is 1.67. The summed E-state index contributed by atoms with van der Waals surface area (Å²) in [5.41, 5.74) is 3.11. The van der Waals surface area contributed by atoms with Crippen molar-refractivity contribution in [2.45, 2.75) is 19.3 Å². The minimum atomic E-state index is -0.687. The normalized spacial score (nSPS) is 18.4. The number of nitrogens with zero attached hydrogens (tertiary/aromatic N) is 3. The lowest BCUT2D eigenvalue weighted by Crippen LogP contribution is -2.54. The zero-order chi connectivity index (χ0) is 21.7. The van der Waals surface area contributed by atoms with Crippen LogP contribution in [0.1, 0.15) is 28.8 Å². The van der Waals surface area contributed by atoms with Gasteiger partial charge in [-0.25, -0.2) is 0 Å². The molecule has 1 fully saturated rings. The van der Waals surface area contributed by atoms with Crippen molar-refractivity contribution >= 4 is 11.8 Å². The van der Waals surface area contributed by atoms with E-state index in [4.69, 9.17) is 0 Å². The van der Waals surface area contributed by atoms with Crippen LogP contribution in [0.25, 0.3) is 11.1 Å². The summed E-state index contributed by atoms with van der Waals surface area (Å²) >= 11 is 0. The topological polar surface area (TPSA) is 75.2 Å². The van der Waals surface area contributed by atoms with Crippen LogP contribution in [0, 0.1) is 5.41 Å². The number of aromatic nitrogens is 2. The van der Waals surface area contributed by atoms with Crippen LogP contribution in [0.15, 0.2) is 73.3 Å². The third-order valence-electron chi connectivity index (χ3n) is 6.02. The van der Waals surface area contributed by atoms with Crippen LogP contribution in [-0.4, -0.2) is 46.8 Å². The van der Waals surface area contributed by atoms with Crippen LogP contribution in [0.4, 0.5) is 0 Å². The Balaban J connectivity index is 1.67. The van der Waals surface area contributed by atoms with Gasteiger partial charge in [0, 0.05) is 44.9 Å². The molecule has 2 aromatic heterocycles.